The first-order valence-electron chi connectivity index (χ1n) is 7.30. The van der Waals surface area contributed by atoms with Crippen LogP contribution in [0.1, 0.15) is 25.5 Å². The molecule has 2 atom stereocenters. The number of rotatable bonds is 5. The van der Waals surface area contributed by atoms with E-state index in [1.807, 2.05) is 18.2 Å². The fourth-order valence-electron chi connectivity index (χ4n) is 2.74. The maximum atomic E-state index is 12.1. The van der Waals surface area contributed by atoms with Gasteiger partial charge in [-0.3, -0.25) is 0 Å². The monoisotopic (exact) mass is 328 g/mol. The lowest BCUT2D eigenvalue weighted by Crippen LogP contribution is -2.47. The first kappa shape index (κ1) is 16.6. The molecule has 1 aromatic rings. The largest absolute Gasteiger partial charge is 0.353 e. The van der Waals surface area contributed by atoms with E-state index in [1.165, 1.54) is 11.8 Å². The van der Waals surface area contributed by atoms with Gasteiger partial charge in [0.15, 0.2) is 9.84 Å². The highest BCUT2D eigenvalue weighted by Gasteiger charge is 2.32. The summed E-state index contributed by atoms with van der Waals surface area (Å²) in [5.41, 5.74) is 2.21. The van der Waals surface area contributed by atoms with E-state index in [-0.39, 0.29) is 6.04 Å². The summed E-state index contributed by atoms with van der Waals surface area (Å²) in [5, 5.41) is 2.99. The van der Waals surface area contributed by atoms with E-state index in [1.54, 1.807) is 11.8 Å². The standard InChI is InChI=1S/C15H24N2O2S2/c1-4-16-12(2)13-7-5-6-8-14(13)17-9-10-20-11-15(17)21(3,18)19/h5-8,12,15-16H,4,9-11H2,1-3H3. The van der Waals surface area contributed by atoms with Crippen LogP contribution in [0.15, 0.2) is 24.3 Å². The predicted molar refractivity (Wildman–Crippen MR) is 91.8 cm³/mol. The van der Waals surface area contributed by atoms with Crippen LogP contribution < -0.4 is 10.2 Å². The summed E-state index contributed by atoms with van der Waals surface area (Å²) in [6.45, 7) is 5.87. The smallest absolute Gasteiger partial charge is 0.169 e. The lowest BCUT2D eigenvalue weighted by Gasteiger charge is -2.37. The summed E-state index contributed by atoms with van der Waals surface area (Å²) >= 11 is 1.72. The van der Waals surface area contributed by atoms with E-state index >= 15 is 0 Å². The molecule has 1 aliphatic rings. The van der Waals surface area contributed by atoms with Gasteiger partial charge in [-0.2, -0.15) is 11.8 Å². The minimum Gasteiger partial charge on any atom is -0.353 e. The highest BCUT2D eigenvalue weighted by Crippen LogP contribution is 2.32. The van der Waals surface area contributed by atoms with Crippen LogP contribution in [0, 0.1) is 0 Å². The van der Waals surface area contributed by atoms with Crippen molar-refractivity contribution in [2.45, 2.75) is 25.3 Å². The van der Waals surface area contributed by atoms with Gasteiger partial charge in [0.2, 0.25) is 0 Å². The lowest BCUT2D eigenvalue weighted by atomic mass is 10.0. The molecule has 1 heterocycles. The fourth-order valence-corrected chi connectivity index (χ4v) is 5.58. The number of nitrogens with zero attached hydrogens (tertiary/aromatic N) is 1. The Labute approximate surface area is 132 Å². The van der Waals surface area contributed by atoms with Gasteiger partial charge in [0.05, 0.1) is 0 Å². The Hall–Kier alpha value is -0.720. The number of thioether (sulfide) groups is 1. The maximum absolute atomic E-state index is 12.1. The van der Waals surface area contributed by atoms with E-state index in [9.17, 15) is 8.42 Å². The van der Waals surface area contributed by atoms with Crippen molar-refractivity contribution in [2.24, 2.45) is 0 Å². The summed E-state index contributed by atoms with van der Waals surface area (Å²) in [5.74, 6) is 1.61. The van der Waals surface area contributed by atoms with Gasteiger partial charge in [0, 0.05) is 36.0 Å². The minimum atomic E-state index is -3.09. The molecule has 2 rings (SSSR count). The summed E-state index contributed by atoms with van der Waals surface area (Å²) in [6, 6.07) is 8.33. The van der Waals surface area contributed by atoms with Gasteiger partial charge in [-0.15, -0.1) is 0 Å². The van der Waals surface area contributed by atoms with E-state index in [2.05, 4.69) is 30.1 Å². The number of sulfone groups is 1. The molecule has 6 heteroatoms. The molecule has 1 saturated heterocycles. The predicted octanol–water partition coefficient (Wildman–Crippen LogP) is 2.28. The van der Waals surface area contributed by atoms with Crippen LogP contribution in [-0.2, 0) is 9.84 Å². The molecule has 1 fully saturated rings. The van der Waals surface area contributed by atoms with Crippen LogP contribution in [0.2, 0.25) is 0 Å². The van der Waals surface area contributed by atoms with Crippen LogP contribution in [0.25, 0.3) is 0 Å². The molecule has 4 nitrogen and oxygen atoms in total. The number of anilines is 1. The van der Waals surface area contributed by atoms with Gasteiger partial charge < -0.3 is 10.2 Å². The van der Waals surface area contributed by atoms with Crippen LogP contribution >= 0.6 is 11.8 Å². The zero-order valence-electron chi connectivity index (χ0n) is 12.9. The maximum Gasteiger partial charge on any atom is 0.169 e. The molecule has 0 aromatic heterocycles. The first-order chi connectivity index (χ1) is 9.95. The number of hydrogen-bond donors (Lipinski definition) is 1. The second-order valence-corrected chi connectivity index (χ2v) is 8.74. The van der Waals surface area contributed by atoms with E-state index in [0.29, 0.717) is 5.75 Å². The summed E-state index contributed by atoms with van der Waals surface area (Å²) in [7, 11) is -3.09. The molecule has 118 valence electrons. The third kappa shape index (κ3) is 3.93. The van der Waals surface area contributed by atoms with Gasteiger partial charge in [-0.1, -0.05) is 25.1 Å². The molecule has 0 amide bonds. The molecule has 0 aliphatic carbocycles. The van der Waals surface area contributed by atoms with Gasteiger partial charge in [0.25, 0.3) is 0 Å². The normalized spacial score (nSPS) is 21.3. The Morgan fingerprint density at radius 2 is 2.14 bits per heavy atom. The van der Waals surface area contributed by atoms with Crippen molar-refractivity contribution in [2.75, 3.05) is 35.8 Å². The van der Waals surface area contributed by atoms with E-state index in [0.717, 1.165) is 24.5 Å². The Balaban J connectivity index is 2.39. The Kier molecular flexibility index (Phi) is 5.57. The molecule has 0 bridgehead atoms. The van der Waals surface area contributed by atoms with E-state index < -0.39 is 15.2 Å². The zero-order chi connectivity index (χ0) is 15.5. The summed E-state index contributed by atoms with van der Waals surface area (Å²) in [4.78, 5) is 2.06. The average Bonchev–Trinajstić information content (AvgIpc) is 2.46. The van der Waals surface area contributed by atoms with Crippen molar-refractivity contribution in [3.8, 4) is 0 Å². The number of nitrogens with one attached hydrogen (secondary N) is 1. The summed E-state index contributed by atoms with van der Waals surface area (Å²) < 4.78 is 24.2. The molecule has 0 saturated carbocycles. The SMILES string of the molecule is CCNC(C)c1ccccc1N1CCSCC1S(C)(=O)=O. The minimum absolute atomic E-state index is 0.209. The van der Waals surface area contributed by atoms with Crippen molar-refractivity contribution < 1.29 is 8.42 Å². The van der Waals surface area contributed by atoms with Crippen molar-refractivity contribution in [3.63, 3.8) is 0 Å². The highest BCUT2D eigenvalue weighted by molar-refractivity contribution is 8.01. The third-order valence-electron chi connectivity index (χ3n) is 3.80. The number of benzene rings is 1. The number of para-hydroxylation sites is 1. The molecular formula is C15H24N2O2S2. The van der Waals surface area contributed by atoms with Gasteiger partial charge in [0.1, 0.15) is 5.37 Å². The van der Waals surface area contributed by atoms with Crippen molar-refractivity contribution >= 4 is 27.3 Å². The summed E-state index contributed by atoms with van der Waals surface area (Å²) in [6.07, 6.45) is 1.34. The molecule has 0 radical (unpaired) electrons. The van der Waals surface area contributed by atoms with Gasteiger partial charge >= 0.3 is 0 Å². The molecular weight excluding hydrogens is 304 g/mol. The third-order valence-corrected chi connectivity index (χ3v) is 6.45. The fraction of sp³-hybridized carbons (Fsp3) is 0.600. The molecule has 1 aromatic carbocycles. The van der Waals surface area contributed by atoms with Crippen LogP contribution in [0.5, 0.6) is 0 Å². The molecule has 1 N–H and O–H groups in total. The molecule has 2 unspecified atom stereocenters. The average molecular weight is 329 g/mol. The van der Waals surface area contributed by atoms with Crippen LogP contribution in [0.4, 0.5) is 5.69 Å². The van der Waals surface area contributed by atoms with Gasteiger partial charge in [-0.25, -0.2) is 8.42 Å². The second-order valence-electron chi connectivity index (χ2n) is 5.39. The van der Waals surface area contributed by atoms with E-state index in [4.69, 9.17) is 0 Å². The van der Waals surface area contributed by atoms with Crippen molar-refractivity contribution in [1.82, 2.24) is 5.32 Å². The quantitative estimate of drug-likeness (QED) is 0.899. The molecule has 1 aliphatic heterocycles. The van der Waals surface area contributed by atoms with Gasteiger partial charge in [-0.05, 0) is 25.1 Å². The lowest BCUT2D eigenvalue weighted by molar-refractivity contribution is 0.579. The highest BCUT2D eigenvalue weighted by atomic mass is 32.2. The molecule has 21 heavy (non-hydrogen) atoms. The Morgan fingerprint density at radius 1 is 1.43 bits per heavy atom. The Bertz CT molecular complexity index is 575. The topological polar surface area (TPSA) is 49.4 Å². The Morgan fingerprint density at radius 3 is 2.81 bits per heavy atom. The first-order valence-corrected chi connectivity index (χ1v) is 10.4. The van der Waals surface area contributed by atoms with Crippen LogP contribution in [0.3, 0.4) is 0 Å². The van der Waals surface area contributed by atoms with Crippen molar-refractivity contribution in [3.05, 3.63) is 29.8 Å². The second kappa shape index (κ2) is 7.03. The van der Waals surface area contributed by atoms with Crippen molar-refractivity contribution in [1.29, 1.82) is 0 Å². The zero-order valence-corrected chi connectivity index (χ0v) is 14.5. The number of hydrogen-bond acceptors (Lipinski definition) is 5. The molecule has 0 spiro atoms. The van der Waals surface area contributed by atoms with Crippen LogP contribution in [-0.4, -0.2) is 44.6 Å².